The van der Waals surface area contributed by atoms with Crippen LogP contribution >= 0.6 is 0 Å². The molecule has 0 saturated heterocycles. The van der Waals surface area contributed by atoms with E-state index >= 15 is 0 Å². The van der Waals surface area contributed by atoms with Crippen LogP contribution in [0.4, 0.5) is 5.69 Å². The number of hydrogen-bond donors (Lipinski definition) is 1. The highest BCUT2D eigenvalue weighted by atomic mass is 16.5. The van der Waals surface area contributed by atoms with Crippen molar-refractivity contribution in [2.45, 2.75) is 13.8 Å². The molecule has 0 atom stereocenters. The van der Waals surface area contributed by atoms with Gasteiger partial charge in [-0.3, -0.25) is 14.4 Å². The smallest absolute Gasteiger partial charge is 0.341 e. The van der Waals surface area contributed by atoms with Crippen LogP contribution in [0, 0.1) is 0 Å². The van der Waals surface area contributed by atoms with Gasteiger partial charge in [0.1, 0.15) is 5.69 Å². The van der Waals surface area contributed by atoms with Crippen LogP contribution < -0.4 is 5.32 Å². The summed E-state index contributed by atoms with van der Waals surface area (Å²) in [7, 11) is 0. The van der Waals surface area contributed by atoms with E-state index < -0.39 is 17.5 Å². The van der Waals surface area contributed by atoms with E-state index in [2.05, 4.69) is 5.32 Å². The predicted octanol–water partition coefficient (Wildman–Crippen LogP) is 2.85. The summed E-state index contributed by atoms with van der Waals surface area (Å²) in [6.45, 7) is 3.12. The van der Waals surface area contributed by atoms with E-state index in [4.69, 9.17) is 4.74 Å². The molecule has 0 spiro atoms. The first-order chi connectivity index (χ1) is 13.5. The number of nitrogens with zero attached hydrogens (tertiary/aromatic N) is 1. The second-order valence-corrected chi connectivity index (χ2v) is 6.34. The molecular weight excluding hydrogens is 360 g/mol. The molecule has 2 aromatic heterocycles. The van der Waals surface area contributed by atoms with Gasteiger partial charge in [0.05, 0.1) is 34.5 Å². The molecule has 1 N–H and O–H groups in total. The standard InChI is InChI=1S/C21H16N2O5/c1-3-28-21(27)16-14-9-4-5-10-23(14)18-17(16)20(26)15-12(19(18)25)7-6-8-13(15)22-11(2)24/h4-10H,3H2,1-2H3,(H,22,24). The highest BCUT2D eigenvalue weighted by Gasteiger charge is 2.39. The molecule has 1 aliphatic rings. The van der Waals surface area contributed by atoms with Crippen molar-refractivity contribution >= 4 is 34.6 Å². The van der Waals surface area contributed by atoms with Gasteiger partial charge in [0, 0.05) is 18.7 Å². The van der Waals surface area contributed by atoms with Crippen LogP contribution in [0.5, 0.6) is 0 Å². The van der Waals surface area contributed by atoms with Gasteiger partial charge in [-0.2, -0.15) is 0 Å². The van der Waals surface area contributed by atoms with Crippen LogP contribution in [0.3, 0.4) is 0 Å². The van der Waals surface area contributed by atoms with E-state index in [1.54, 1.807) is 43.5 Å². The van der Waals surface area contributed by atoms with Crippen LogP contribution in [-0.4, -0.2) is 34.5 Å². The lowest BCUT2D eigenvalue weighted by atomic mass is 9.85. The zero-order valence-electron chi connectivity index (χ0n) is 15.2. The third-order valence-corrected chi connectivity index (χ3v) is 4.61. The molecule has 7 nitrogen and oxygen atoms in total. The SMILES string of the molecule is CCOC(=O)c1c2c(n3ccccc13)C(=O)c1cccc(NC(C)=O)c1C2=O. The number of rotatable bonds is 3. The van der Waals surface area contributed by atoms with Crippen LogP contribution in [0.15, 0.2) is 42.6 Å². The zero-order chi connectivity index (χ0) is 20.0. The lowest BCUT2D eigenvalue weighted by Gasteiger charge is -2.19. The quantitative estimate of drug-likeness (QED) is 0.555. The number of ether oxygens (including phenoxy) is 1. The average Bonchev–Trinajstić information content (AvgIpc) is 3.01. The summed E-state index contributed by atoms with van der Waals surface area (Å²) in [5.74, 6) is -1.93. The fourth-order valence-electron chi connectivity index (χ4n) is 3.60. The second-order valence-electron chi connectivity index (χ2n) is 6.34. The van der Waals surface area contributed by atoms with Gasteiger partial charge >= 0.3 is 5.97 Å². The van der Waals surface area contributed by atoms with Crippen molar-refractivity contribution in [2.24, 2.45) is 0 Å². The number of amides is 1. The molecule has 0 bridgehead atoms. The number of aromatic nitrogens is 1. The first kappa shape index (κ1) is 17.7. The summed E-state index contributed by atoms with van der Waals surface area (Å²) in [6, 6.07) is 9.77. The summed E-state index contributed by atoms with van der Waals surface area (Å²) in [5.41, 5.74) is 1.09. The molecule has 0 saturated carbocycles. The molecule has 7 heteroatoms. The number of hydrogen-bond acceptors (Lipinski definition) is 5. The lowest BCUT2D eigenvalue weighted by molar-refractivity contribution is -0.114. The van der Waals surface area contributed by atoms with Gasteiger partial charge in [-0.05, 0) is 25.1 Å². The van der Waals surface area contributed by atoms with Gasteiger partial charge in [0.2, 0.25) is 11.7 Å². The zero-order valence-corrected chi connectivity index (χ0v) is 15.2. The average molecular weight is 376 g/mol. The molecule has 0 fully saturated rings. The van der Waals surface area contributed by atoms with Gasteiger partial charge < -0.3 is 14.5 Å². The molecule has 1 aliphatic carbocycles. The van der Waals surface area contributed by atoms with E-state index in [1.165, 1.54) is 17.4 Å². The summed E-state index contributed by atoms with van der Waals surface area (Å²) < 4.78 is 6.68. The summed E-state index contributed by atoms with van der Waals surface area (Å²) in [5, 5.41) is 2.59. The monoisotopic (exact) mass is 376 g/mol. The third-order valence-electron chi connectivity index (χ3n) is 4.61. The van der Waals surface area contributed by atoms with Crippen molar-refractivity contribution in [1.82, 2.24) is 4.40 Å². The molecule has 3 aromatic rings. The van der Waals surface area contributed by atoms with Gasteiger partial charge in [-0.1, -0.05) is 18.2 Å². The van der Waals surface area contributed by atoms with Crippen molar-refractivity contribution in [3.05, 3.63) is 70.5 Å². The highest BCUT2D eigenvalue weighted by molar-refractivity contribution is 6.33. The molecule has 1 amide bonds. The maximum atomic E-state index is 13.4. The molecule has 0 radical (unpaired) electrons. The van der Waals surface area contributed by atoms with Gasteiger partial charge in [-0.25, -0.2) is 4.79 Å². The summed E-state index contributed by atoms with van der Waals surface area (Å²) in [6.07, 6.45) is 1.63. The number of carbonyl (C=O) groups is 4. The number of carbonyl (C=O) groups excluding carboxylic acids is 4. The Morgan fingerprint density at radius 3 is 2.54 bits per heavy atom. The fraction of sp³-hybridized carbons (Fsp3) is 0.143. The second kappa shape index (κ2) is 6.45. The molecular formula is C21H16N2O5. The summed E-state index contributed by atoms with van der Waals surface area (Å²) >= 11 is 0. The lowest BCUT2D eigenvalue weighted by Crippen LogP contribution is -2.25. The molecule has 28 heavy (non-hydrogen) atoms. The number of nitrogens with one attached hydrogen (secondary N) is 1. The minimum absolute atomic E-state index is 0.0000444. The number of benzene rings is 1. The van der Waals surface area contributed by atoms with E-state index in [1.807, 2.05) is 0 Å². The number of fused-ring (bicyclic) bond motifs is 4. The first-order valence-corrected chi connectivity index (χ1v) is 8.75. The number of pyridine rings is 1. The molecule has 2 heterocycles. The first-order valence-electron chi connectivity index (χ1n) is 8.75. The predicted molar refractivity (Wildman–Crippen MR) is 101 cm³/mol. The van der Waals surface area contributed by atoms with E-state index in [0.717, 1.165) is 0 Å². The van der Waals surface area contributed by atoms with E-state index in [0.29, 0.717) is 5.52 Å². The van der Waals surface area contributed by atoms with Crippen LogP contribution in [-0.2, 0) is 9.53 Å². The van der Waals surface area contributed by atoms with Crippen molar-refractivity contribution < 1.29 is 23.9 Å². The molecule has 4 rings (SSSR count). The van der Waals surface area contributed by atoms with Crippen molar-refractivity contribution in [3.63, 3.8) is 0 Å². The topological polar surface area (TPSA) is 93.9 Å². The third kappa shape index (κ3) is 2.44. The van der Waals surface area contributed by atoms with Gasteiger partial charge in [-0.15, -0.1) is 0 Å². The fourth-order valence-corrected chi connectivity index (χ4v) is 3.60. The van der Waals surface area contributed by atoms with Crippen LogP contribution in [0.1, 0.15) is 56.2 Å². The van der Waals surface area contributed by atoms with Gasteiger partial charge in [0.15, 0.2) is 5.78 Å². The Morgan fingerprint density at radius 2 is 1.82 bits per heavy atom. The minimum atomic E-state index is -0.672. The Bertz CT molecular complexity index is 1190. The Kier molecular flexibility index (Phi) is 4.07. The van der Waals surface area contributed by atoms with E-state index in [-0.39, 0.29) is 46.1 Å². The Balaban J connectivity index is 2.06. The maximum absolute atomic E-state index is 13.4. The van der Waals surface area contributed by atoms with Crippen molar-refractivity contribution in [3.8, 4) is 0 Å². The van der Waals surface area contributed by atoms with Crippen LogP contribution in [0.2, 0.25) is 0 Å². The number of anilines is 1. The molecule has 1 aromatic carbocycles. The normalized spacial score (nSPS) is 12.5. The Morgan fingerprint density at radius 1 is 1.04 bits per heavy atom. The maximum Gasteiger partial charge on any atom is 0.341 e. The highest BCUT2D eigenvalue weighted by Crippen LogP contribution is 2.36. The minimum Gasteiger partial charge on any atom is -0.462 e. The number of esters is 1. The summed E-state index contributed by atoms with van der Waals surface area (Å²) in [4.78, 5) is 50.9. The Hall–Kier alpha value is -3.74. The molecule has 0 unspecified atom stereocenters. The van der Waals surface area contributed by atoms with Crippen LogP contribution in [0.25, 0.3) is 5.52 Å². The largest absolute Gasteiger partial charge is 0.462 e. The Labute approximate surface area is 159 Å². The van der Waals surface area contributed by atoms with E-state index in [9.17, 15) is 19.2 Å². The number of ketones is 2. The van der Waals surface area contributed by atoms with Crippen molar-refractivity contribution in [2.75, 3.05) is 11.9 Å². The van der Waals surface area contributed by atoms with Crippen molar-refractivity contribution in [1.29, 1.82) is 0 Å². The van der Waals surface area contributed by atoms with Gasteiger partial charge in [0.25, 0.3) is 0 Å². The molecule has 0 aliphatic heterocycles. The molecule has 140 valence electrons.